The SMILES string of the molecule is CCCN(CC(=O)O)C(=O)Cc1coc2cc(C)ccc12. The quantitative estimate of drug-likeness (QED) is 0.887. The number of benzene rings is 1. The first kappa shape index (κ1) is 15.1. The van der Waals surface area contributed by atoms with Crippen molar-refractivity contribution in [3.8, 4) is 0 Å². The summed E-state index contributed by atoms with van der Waals surface area (Å²) < 4.78 is 5.46. The zero-order valence-corrected chi connectivity index (χ0v) is 12.3. The van der Waals surface area contributed by atoms with E-state index < -0.39 is 5.97 Å². The molecule has 0 aliphatic rings. The van der Waals surface area contributed by atoms with E-state index in [1.54, 1.807) is 6.26 Å². The zero-order chi connectivity index (χ0) is 15.4. The molecule has 0 saturated heterocycles. The van der Waals surface area contributed by atoms with Crippen LogP contribution in [0.4, 0.5) is 0 Å². The van der Waals surface area contributed by atoms with Gasteiger partial charge in [0.25, 0.3) is 0 Å². The summed E-state index contributed by atoms with van der Waals surface area (Å²) in [5.74, 6) is -1.19. The van der Waals surface area contributed by atoms with E-state index in [1.807, 2.05) is 32.0 Å². The van der Waals surface area contributed by atoms with E-state index in [0.717, 1.165) is 28.5 Å². The number of carboxylic acids is 1. The van der Waals surface area contributed by atoms with Crippen molar-refractivity contribution in [3.05, 3.63) is 35.6 Å². The topological polar surface area (TPSA) is 70.8 Å². The maximum atomic E-state index is 12.3. The van der Waals surface area contributed by atoms with Crippen molar-refractivity contribution in [1.29, 1.82) is 0 Å². The second-order valence-electron chi connectivity index (χ2n) is 5.15. The number of furan rings is 1. The maximum absolute atomic E-state index is 12.3. The predicted molar refractivity (Wildman–Crippen MR) is 79.2 cm³/mol. The average molecular weight is 289 g/mol. The lowest BCUT2D eigenvalue weighted by Crippen LogP contribution is -2.37. The second-order valence-corrected chi connectivity index (χ2v) is 5.15. The van der Waals surface area contributed by atoms with Crippen LogP contribution in [0.3, 0.4) is 0 Å². The van der Waals surface area contributed by atoms with Crippen molar-refractivity contribution < 1.29 is 19.1 Å². The normalized spacial score (nSPS) is 10.8. The third-order valence-electron chi connectivity index (χ3n) is 3.33. The van der Waals surface area contributed by atoms with Gasteiger partial charge in [0, 0.05) is 17.5 Å². The lowest BCUT2D eigenvalue weighted by molar-refractivity contribution is -0.144. The Balaban J connectivity index is 2.17. The van der Waals surface area contributed by atoms with E-state index in [-0.39, 0.29) is 18.9 Å². The van der Waals surface area contributed by atoms with E-state index in [2.05, 4.69) is 0 Å². The van der Waals surface area contributed by atoms with Gasteiger partial charge in [-0.3, -0.25) is 9.59 Å². The lowest BCUT2D eigenvalue weighted by atomic mass is 10.1. The van der Waals surface area contributed by atoms with Gasteiger partial charge in [0.15, 0.2) is 0 Å². The van der Waals surface area contributed by atoms with Crippen LogP contribution in [0.2, 0.25) is 0 Å². The fourth-order valence-electron chi connectivity index (χ4n) is 2.33. The Kier molecular flexibility index (Phi) is 4.62. The van der Waals surface area contributed by atoms with Gasteiger partial charge in [0.2, 0.25) is 5.91 Å². The summed E-state index contributed by atoms with van der Waals surface area (Å²) >= 11 is 0. The van der Waals surface area contributed by atoms with Crippen molar-refractivity contribution in [1.82, 2.24) is 4.90 Å². The van der Waals surface area contributed by atoms with Crippen LogP contribution in [-0.4, -0.2) is 35.0 Å². The summed E-state index contributed by atoms with van der Waals surface area (Å²) in [5.41, 5.74) is 2.63. The molecule has 0 aliphatic heterocycles. The minimum Gasteiger partial charge on any atom is -0.480 e. The number of carbonyl (C=O) groups is 2. The Bertz CT molecular complexity index is 659. The molecule has 0 atom stereocenters. The number of hydrogen-bond acceptors (Lipinski definition) is 3. The number of fused-ring (bicyclic) bond motifs is 1. The molecule has 112 valence electrons. The molecular weight excluding hydrogens is 270 g/mol. The Labute approximate surface area is 123 Å². The highest BCUT2D eigenvalue weighted by atomic mass is 16.4. The molecular formula is C16H19NO4. The molecule has 5 heteroatoms. The third-order valence-corrected chi connectivity index (χ3v) is 3.33. The largest absolute Gasteiger partial charge is 0.480 e. The molecule has 1 amide bonds. The number of carboxylic acid groups (broad SMARTS) is 1. The number of hydrogen-bond donors (Lipinski definition) is 1. The van der Waals surface area contributed by atoms with Crippen LogP contribution >= 0.6 is 0 Å². The molecule has 1 aromatic carbocycles. The van der Waals surface area contributed by atoms with E-state index in [1.165, 1.54) is 4.90 Å². The van der Waals surface area contributed by atoms with Crippen LogP contribution in [0.5, 0.6) is 0 Å². The standard InChI is InChI=1S/C16H19NO4/c1-3-6-17(9-16(19)20)15(18)8-12-10-21-14-7-11(2)4-5-13(12)14/h4-5,7,10H,3,6,8-9H2,1-2H3,(H,19,20). The summed E-state index contributed by atoms with van der Waals surface area (Å²) in [6.45, 7) is 4.07. The third kappa shape index (κ3) is 3.62. The van der Waals surface area contributed by atoms with Gasteiger partial charge in [-0.15, -0.1) is 0 Å². The Morgan fingerprint density at radius 1 is 1.33 bits per heavy atom. The smallest absolute Gasteiger partial charge is 0.323 e. The highest BCUT2D eigenvalue weighted by Crippen LogP contribution is 2.23. The second kappa shape index (κ2) is 6.43. The van der Waals surface area contributed by atoms with Crippen LogP contribution in [0, 0.1) is 6.92 Å². The van der Waals surface area contributed by atoms with Crippen LogP contribution in [0.15, 0.2) is 28.9 Å². The summed E-state index contributed by atoms with van der Waals surface area (Å²) in [7, 11) is 0. The highest BCUT2D eigenvalue weighted by molar-refractivity contribution is 5.89. The van der Waals surface area contributed by atoms with Gasteiger partial charge in [-0.1, -0.05) is 19.1 Å². The molecule has 0 fully saturated rings. The average Bonchev–Trinajstić information content (AvgIpc) is 2.80. The van der Waals surface area contributed by atoms with Crippen molar-refractivity contribution in [2.24, 2.45) is 0 Å². The highest BCUT2D eigenvalue weighted by Gasteiger charge is 2.18. The molecule has 0 aliphatic carbocycles. The molecule has 0 bridgehead atoms. The first-order valence-corrected chi connectivity index (χ1v) is 6.97. The summed E-state index contributed by atoms with van der Waals surface area (Å²) in [6.07, 6.45) is 2.46. The van der Waals surface area contributed by atoms with Gasteiger partial charge < -0.3 is 14.4 Å². The van der Waals surface area contributed by atoms with E-state index in [9.17, 15) is 9.59 Å². The minimum atomic E-state index is -0.996. The molecule has 21 heavy (non-hydrogen) atoms. The lowest BCUT2D eigenvalue weighted by Gasteiger charge is -2.19. The van der Waals surface area contributed by atoms with Crippen molar-refractivity contribution in [2.75, 3.05) is 13.1 Å². The Hall–Kier alpha value is -2.30. The molecule has 0 unspecified atom stereocenters. The summed E-state index contributed by atoms with van der Waals surface area (Å²) in [6, 6.07) is 5.81. The van der Waals surface area contributed by atoms with Gasteiger partial charge in [0.1, 0.15) is 12.1 Å². The first-order chi connectivity index (χ1) is 10.0. The molecule has 1 aromatic heterocycles. The molecule has 0 radical (unpaired) electrons. The molecule has 5 nitrogen and oxygen atoms in total. The number of carbonyl (C=O) groups excluding carboxylic acids is 1. The number of rotatable bonds is 6. The monoisotopic (exact) mass is 289 g/mol. The number of aryl methyl sites for hydroxylation is 1. The maximum Gasteiger partial charge on any atom is 0.323 e. The van der Waals surface area contributed by atoms with Crippen LogP contribution in [0.1, 0.15) is 24.5 Å². The fraction of sp³-hybridized carbons (Fsp3) is 0.375. The molecule has 1 heterocycles. The molecule has 0 saturated carbocycles. The van der Waals surface area contributed by atoms with Gasteiger partial charge in [-0.05, 0) is 25.0 Å². The van der Waals surface area contributed by atoms with Crippen LogP contribution in [-0.2, 0) is 16.0 Å². The summed E-state index contributed by atoms with van der Waals surface area (Å²) in [5, 5.41) is 9.78. The van der Waals surface area contributed by atoms with Crippen molar-refractivity contribution in [3.63, 3.8) is 0 Å². The first-order valence-electron chi connectivity index (χ1n) is 6.97. The van der Waals surface area contributed by atoms with Crippen molar-refractivity contribution >= 4 is 22.8 Å². The number of nitrogens with zero attached hydrogens (tertiary/aromatic N) is 1. The Morgan fingerprint density at radius 2 is 2.10 bits per heavy atom. The molecule has 2 aromatic rings. The van der Waals surface area contributed by atoms with Gasteiger partial charge in [0.05, 0.1) is 12.7 Å². The van der Waals surface area contributed by atoms with E-state index >= 15 is 0 Å². The Morgan fingerprint density at radius 3 is 2.76 bits per heavy atom. The van der Waals surface area contributed by atoms with Crippen LogP contribution in [0.25, 0.3) is 11.0 Å². The zero-order valence-electron chi connectivity index (χ0n) is 12.3. The van der Waals surface area contributed by atoms with Crippen LogP contribution < -0.4 is 0 Å². The van der Waals surface area contributed by atoms with Crippen molar-refractivity contribution in [2.45, 2.75) is 26.7 Å². The minimum absolute atomic E-state index is 0.156. The van der Waals surface area contributed by atoms with Gasteiger partial charge in [-0.25, -0.2) is 0 Å². The molecule has 0 spiro atoms. The van der Waals surface area contributed by atoms with Gasteiger partial charge >= 0.3 is 5.97 Å². The number of amides is 1. The summed E-state index contributed by atoms with van der Waals surface area (Å²) in [4.78, 5) is 24.5. The molecule has 2 rings (SSSR count). The van der Waals surface area contributed by atoms with Gasteiger partial charge in [-0.2, -0.15) is 0 Å². The van der Waals surface area contributed by atoms with E-state index in [4.69, 9.17) is 9.52 Å². The predicted octanol–water partition coefficient (Wildman–Crippen LogP) is 2.61. The fourth-order valence-corrected chi connectivity index (χ4v) is 2.33. The van der Waals surface area contributed by atoms with E-state index in [0.29, 0.717) is 6.54 Å². The molecule has 1 N–H and O–H groups in total. The number of aliphatic carboxylic acids is 1.